The zero-order valence-electron chi connectivity index (χ0n) is 21.4. The van der Waals surface area contributed by atoms with E-state index in [1.54, 1.807) is 54.6 Å². The topological polar surface area (TPSA) is 113 Å². The van der Waals surface area contributed by atoms with Gasteiger partial charge in [-0.3, -0.25) is 13.8 Å². The summed E-state index contributed by atoms with van der Waals surface area (Å²) in [6.45, 7) is -0.486. The summed E-state index contributed by atoms with van der Waals surface area (Å²) >= 11 is 2.12. The third-order valence-electron chi connectivity index (χ3n) is 6.22. The van der Waals surface area contributed by atoms with Crippen molar-refractivity contribution in [2.45, 2.75) is 9.79 Å². The molecule has 208 valence electrons. The first-order valence-corrected chi connectivity index (χ1v) is 16.4. The molecule has 0 aliphatic carbocycles. The molecule has 0 bridgehead atoms. The van der Waals surface area contributed by atoms with Crippen LogP contribution < -0.4 is 14.3 Å². The quantitative estimate of drug-likeness (QED) is 0.182. The van der Waals surface area contributed by atoms with Gasteiger partial charge in [0.05, 0.1) is 21.2 Å². The number of anilines is 3. The average Bonchev–Trinajstić information content (AvgIpc) is 2.97. The highest BCUT2D eigenvalue weighted by Gasteiger charge is 2.27. The Balaban J connectivity index is 1.34. The molecule has 0 aliphatic rings. The number of carbonyl (C=O) groups is 1. The second-order valence-corrected chi connectivity index (χ2v) is 13.8. The zero-order chi connectivity index (χ0) is 29.0. The first kappa shape index (κ1) is 28.6. The molecule has 0 saturated heterocycles. The number of fused-ring (bicyclic) bond motifs is 1. The first-order valence-electron chi connectivity index (χ1n) is 12.4. The van der Waals surface area contributed by atoms with Crippen LogP contribution in [0.5, 0.6) is 0 Å². The Bertz CT molecular complexity index is 1910. The van der Waals surface area contributed by atoms with Crippen molar-refractivity contribution in [2.24, 2.45) is 0 Å². The number of sulfonamides is 2. The molecule has 0 atom stereocenters. The molecule has 0 fully saturated rings. The molecule has 0 aromatic heterocycles. The number of amides is 1. The van der Waals surface area contributed by atoms with Gasteiger partial charge in [-0.1, -0.05) is 54.6 Å². The van der Waals surface area contributed by atoms with E-state index < -0.39 is 32.5 Å². The van der Waals surface area contributed by atoms with E-state index in [1.165, 1.54) is 36.4 Å². The fourth-order valence-corrected chi connectivity index (χ4v) is 7.09. The lowest BCUT2D eigenvalue weighted by molar-refractivity contribution is -0.114. The molecule has 0 aliphatic heterocycles. The van der Waals surface area contributed by atoms with Crippen LogP contribution in [0.4, 0.5) is 17.1 Å². The van der Waals surface area contributed by atoms with Crippen LogP contribution in [0.25, 0.3) is 10.8 Å². The number of benzene rings is 5. The van der Waals surface area contributed by atoms with Crippen molar-refractivity contribution in [3.63, 3.8) is 0 Å². The first-order chi connectivity index (χ1) is 19.6. The molecule has 8 nitrogen and oxygen atoms in total. The second-order valence-electron chi connectivity index (χ2n) is 9.01. The van der Waals surface area contributed by atoms with E-state index in [4.69, 9.17) is 0 Å². The van der Waals surface area contributed by atoms with E-state index >= 15 is 0 Å². The number of hydrogen-bond acceptors (Lipinski definition) is 5. The Kier molecular flexibility index (Phi) is 8.29. The van der Waals surface area contributed by atoms with Gasteiger partial charge in [0, 0.05) is 14.6 Å². The van der Waals surface area contributed by atoms with Gasteiger partial charge in [0.15, 0.2) is 0 Å². The molecule has 1 amide bonds. The summed E-state index contributed by atoms with van der Waals surface area (Å²) in [7, 11) is -7.95. The lowest BCUT2D eigenvalue weighted by Crippen LogP contribution is -2.38. The highest BCUT2D eigenvalue weighted by atomic mass is 127. The van der Waals surface area contributed by atoms with Crippen LogP contribution >= 0.6 is 22.6 Å². The summed E-state index contributed by atoms with van der Waals surface area (Å²) < 4.78 is 57.7. The minimum Gasteiger partial charge on any atom is -0.325 e. The van der Waals surface area contributed by atoms with Crippen LogP contribution in [0.1, 0.15) is 0 Å². The van der Waals surface area contributed by atoms with E-state index in [9.17, 15) is 21.6 Å². The van der Waals surface area contributed by atoms with Crippen molar-refractivity contribution in [3.8, 4) is 0 Å². The van der Waals surface area contributed by atoms with Crippen LogP contribution in [0.3, 0.4) is 0 Å². The molecule has 5 rings (SSSR count). The number of carbonyl (C=O) groups excluding carboxylic acids is 1. The summed E-state index contributed by atoms with van der Waals surface area (Å²) in [5.41, 5.74) is 1.11. The van der Waals surface area contributed by atoms with Gasteiger partial charge in [-0.2, -0.15) is 0 Å². The van der Waals surface area contributed by atoms with Gasteiger partial charge in [-0.25, -0.2) is 16.8 Å². The Morgan fingerprint density at radius 1 is 0.683 bits per heavy atom. The summed E-state index contributed by atoms with van der Waals surface area (Å²) in [4.78, 5) is 13.1. The Morgan fingerprint density at radius 2 is 1.32 bits per heavy atom. The average molecular weight is 698 g/mol. The molecular formula is C30H24IN3O5S2. The molecule has 0 unspecified atom stereocenters. The second kappa shape index (κ2) is 11.9. The van der Waals surface area contributed by atoms with Crippen LogP contribution in [0.2, 0.25) is 0 Å². The van der Waals surface area contributed by atoms with Gasteiger partial charge in [0.1, 0.15) is 6.54 Å². The van der Waals surface area contributed by atoms with Crippen molar-refractivity contribution in [3.05, 3.63) is 125 Å². The summed E-state index contributed by atoms with van der Waals surface area (Å²) in [5, 5.41) is 4.34. The SMILES string of the molecule is O=C(CN(c1ccc(I)cc1)S(=O)(=O)c1ccccc1)Nc1ccc(S(=O)(=O)Nc2cccc3ccccc23)cc1. The predicted octanol–water partition coefficient (Wildman–Crippen LogP) is 6.08. The van der Waals surface area contributed by atoms with Crippen molar-refractivity contribution in [2.75, 3.05) is 20.9 Å². The van der Waals surface area contributed by atoms with E-state index in [1.807, 2.05) is 30.3 Å². The molecule has 5 aromatic rings. The number of halogens is 1. The summed E-state index contributed by atoms with van der Waals surface area (Å²) in [5.74, 6) is -0.590. The Labute approximate surface area is 252 Å². The van der Waals surface area contributed by atoms with Gasteiger partial charge in [0.2, 0.25) is 5.91 Å². The minimum atomic E-state index is -4.04. The lowest BCUT2D eigenvalue weighted by atomic mass is 10.1. The van der Waals surface area contributed by atoms with Gasteiger partial charge in [-0.15, -0.1) is 0 Å². The molecule has 5 aromatic carbocycles. The highest BCUT2D eigenvalue weighted by molar-refractivity contribution is 14.1. The molecule has 0 saturated carbocycles. The smallest absolute Gasteiger partial charge is 0.264 e. The Morgan fingerprint density at radius 3 is 2.02 bits per heavy atom. The monoisotopic (exact) mass is 697 g/mol. The molecule has 2 N–H and O–H groups in total. The minimum absolute atomic E-state index is 0.00982. The summed E-state index contributed by atoms with van der Waals surface area (Å²) in [6, 6.07) is 33.1. The maximum Gasteiger partial charge on any atom is 0.264 e. The number of hydrogen-bond donors (Lipinski definition) is 2. The maximum absolute atomic E-state index is 13.5. The van der Waals surface area contributed by atoms with Crippen molar-refractivity contribution >= 4 is 76.4 Å². The van der Waals surface area contributed by atoms with Crippen molar-refractivity contribution < 1.29 is 21.6 Å². The zero-order valence-corrected chi connectivity index (χ0v) is 25.2. The van der Waals surface area contributed by atoms with E-state index in [0.29, 0.717) is 17.1 Å². The summed E-state index contributed by atoms with van der Waals surface area (Å²) in [6.07, 6.45) is 0. The van der Waals surface area contributed by atoms with Crippen molar-refractivity contribution in [1.82, 2.24) is 0 Å². The normalized spacial score (nSPS) is 11.6. The van der Waals surface area contributed by atoms with Crippen LogP contribution in [-0.4, -0.2) is 29.3 Å². The van der Waals surface area contributed by atoms with E-state index in [-0.39, 0.29) is 9.79 Å². The third kappa shape index (κ3) is 6.53. The number of nitrogens with one attached hydrogen (secondary N) is 2. The lowest BCUT2D eigenvalue weighted by Gasteiger charge is -2.24. The molecule has 0 heterocycles. The Hall–Kier alpha value is -3.94. The van der Waals surface area contributed by atoms with Gasteiger partial charge in [-0.05, 0) is 94.7 Å². The van der Waals surface area contributed by atoms with Crippen LogP contribution in [0, 0.1) is 3.57 Å². The molecular weight excluding hydrogens is 673 g/mol. The predicted molar refractivity (Wildman–Crippen MR) is 170 cm³/mol. The molecule has 41 heavy (non-hydrogen) atoms. The van der Waals surface area contributed by atoms with Crippen LogP contribution in [0.15, 0.2) is 131 Å². The fourth-order valence-electron chi connectivity index (χ4n) is 4.21. The number of rotatable bonds is 9. The highest BCUT2D eigenvalue weighted by Crippen LogP contribution is 2.27. The molecule has 11 heteroatoms. The van der Waals surface area contributed by atoms with Gasteiger partial charge >= 0.3 is 0 Å². The van der Waals surface area contributed by atoms with Gasteiger partial charge < -0.3 is 5.32 Å². The van der Waals surface area contributed by atoms with Gasteiger partial charge in [0.25, 0.3) is 20.0 Å². The maximum atomic E-state index is 13.5. The largest absolute Gasteiger partial charge is 0.325 e. The van der Waals surface area contributed by atoms with E-state index in [2.05, 4.69) is 32.6 Å². The molecule has 0 radical (unpaired) electrons. The number of nitrogens with zero attached hydrogens (tertiary/aromatic N) is 1. The third-order valence-corrected chi connectivity index (χ3v) is 10.1. The van der Waals surface area contributed by atoms with Crippen molar-refractivity contribution in [1.29, 1.82) is 0 Å². The molecule has 0 spiro atoms. The fraction of sp³-hybridized carbons (Fsp3) is 0.0333. The van der Waals surface area contributed by atoms with Crippen LogP contribution in [-0.2, 0) is 24.8 Å². The standard InChI is InChI=1S/C30H24IN3O5S2/c31-23-13-17-25(18-14-23)34(41(38,39)27-9-2-1-3-10-27)21-30(35)32-24-15-19-26(20-16-24)40(36,37)33-29-12-6-8-22-7-4-5-11-28(22)29/h1-20,33H,21H2,(H,32,35). The van der Waals surface area contributed by atoms with E-state index in [0.717, 1.165) is 18.6 Å².